The van der Waals surface area contributed by atoms with Gasteiger partial charge in [0.25, 0.3) is 0 Å². The van der Waals surface area contributed by atoms with E-state index in [9.17, 15) is 18.0 Å². The number of ketones is 1. The van der Waals surface area contributed by atoms with Crippen molar-refractivity contribution >= 4 is 32.8 Å². The Morgan fingerprint density at radius 2 is 1.74 bits per heavy atom. The second-order valence-electron chi connectivity index (χ2n) is 9.81. The van der Waals surface area contributed by atoms with Crippen LogP contribution in [-0.2, 0) is 33.4 Å². The van der Waals surface area contributed by atoms with E-state index in [0.29, 0.717) is 17.7 Å². The van der Waals surface area contributed by atoms with Crippen LogP contribution in [0.1, 0.15) is 39.7 Å². The number of thioether (sulfide) groups is 1. The topological polar surface area (TPSA) is 96.0 Å². The largest absolute Gasteiger partial charge is 0.383 e. The lowest BCUT2D eigenvalue weighted by molar-refractivity contribution is -0.287. The Morgan fingerprint density at radius 3 is 2.29 bits per heavy atom. The minimum absolute atomic E-state index is 0.0140. The first-order chi connectivity index (χ1) is 16.3. The lowest BCUT2D eigenvalue weighted by Crippen LogP contribution is -2.76. The summed E-state index contributed by atoms with van der Waals surface area (Å²) in [5, 5.41) is -0.194. The van der Waals surface area contributed by atoms with Gasteiger partial charge in [-0.05, 0) is 62.6 Å². The maximum atomic E-state index is 14.2. The summed E-state index contributed by atoms with van der Waals surface area (Å²) in [6, 6.07) is 6.31. The summed E-state index contributed by atoms with van der Waals surface area (Å²) < 4.78 is 44.4. The highest BCUT2D eigenvalue weighted by Crippen LogP contribution is 2.75. The molecule has 4 aliphatic rings. The standard InChI is InChI=1S/C26H32O7S2/c1-8-34-22(28)23(4)19-14-11-17(3)25(19)15-20(24(23,5)26(31-6,32-7)21(25)27)33-35(29,30)18-12-9-16(2)10-13-18/h9-10,12-15,17H,8,11H2,1-7H3/t17-,23?,24?,25?/m0/s1. The second kappa shape index (κ2) is 8.30. The summed E-state index contributed by atoms with van der Waals surface area (Å²) >= 11 is 1.13. The number of allylic oxidation sites excluding steroid dienone is 3. The molecule has 0 aliphatic heterocycles. The number of hydrogen-bond donors (Lipinski definition) is 0. The van der Waals surface area contributed by atoms with Crippen LogP contribution in [-0.4, -0.2) is 45.1 Å². The molecule has 4 atom stereocenters. The molecule has 1 saturated carbocycles. The van der Waals surface area contributed by atoms with Gasteiger partial charge >= 0.3 is 10.1 Å². The van der Waals surface area contributed by atoms with Gasteiger partial charge in [-0.2, -0.15) is 8.42 Å². The van der Waals surface area contributed by atoms with Gasteiger partial charge in [0.05, 0.1) is 10.8 Å². The zero-order valence-electron chi connectivity index (χ0n) is 21.1. The molecular weight excluding hydrogens is 488 g/mol. The van der Waals surface area contributed by atoms with Crippen molar-refractivity contribution in [3.63, 3.8) is 0 Å². The van der Waals surface area contributed by atoms with Crippen LogP contribution in [0.3, 0.4) is 0 Å². The van der Waals surface area contributed by atoms with E-state index in [1.807, 2.05) is 26.8 Å². The maximum absolute atomic E-state index is 14.2. The monoisotopic (exact) mass is 520 g/mol. The van der Waals surface area contributed by atoms with Crippen LogP contribution < -0.4 is 0 Å². The number of carbonyl (C=O) groups is 2. The van der Waals surface area contributed by atoms with Gasteiger partial charge in [0.15, 0.2) is 5.12 Å². The molecule has 0 aromatic heterocycles. The predicted molar refractivity (Wildman–Crippen MR) is 133 cm³/mol. The van der Waals surface area contributed by atoms with Gasteiger partial charge in [-0.1, -0.05) is 49.4 Å². The molecule has 0 radical (unpaired) electrons. The smallest absolute Gasteiger partial charge is 0.338 e. The first-order valence-electron chi connectivity index (χ1n) is 11.6. The van der Waals surface area contributed by atoms with Gasteiger partial charge in [-0.3, -0.25) is 9.59 Å². The predicted octanol–water partition coefficient (Wildman–Crippen LogP) is 4.41. The van der Waals surface area contributed by atoms with Gasteiger partial charge in [0, 0.05) is 14.2 Å². The lowest BCUT2D eigenvalue weighted by Gasteiger charge is -2.65. The molecule has 0 amide bonds. The molecule has 5 rings (SSSR count). The highest BCUT2D eigenvalue weighted by molar-refractivity contribution is 8.13. The Balaban J connectivity index is 2.03. The van der Waals surface area contributed by atoms with E-state index in [2.05, 4.69) is 0 Å². The van der Waals surface area contributed by atoms with E-state index >= 15 is 0 Å². The van der Waals surface area contributed by atoms with Gasteiger partial charge in [0.2, 0.25) is 11.6 Å². The fourth-order valence-electron chi connectivity index (χ4n) is 6.27. The number of carbonyl (C=O) groups excluding carboxylic acids is 2. The number of aryl methyl sites for hydroxylation is 1. The average Bonchev–Trinajstić information content (AvgIpc) is 3.15. The number of ether oxygens (including phenoxy) is 2. The number of Topliss-reactive ketones (excluding diaryl/α,β-unsaturated/α-hetero) is 1. The highest BCUT2D eigenvalue weighted by Gasteiger charge is 2.82. The summed E-state index contributed by atoms with van der Waals surface area (Å²) in [6.45, 7) is 9.03. The second-order valence-corrected chi connectivity index (χ2v) is 12.6. The van der Waals surface area contributed by atoms with Crippen LogP contribution >= 0.6 is 11.8 Å². The molecule has 4 aliphatic carbocycles. The average molecular weight is 521 g/mol. The molecule has 3 unspecified atom stereocenters. The fraction of sp³-hybridized carbons (Fsp3) is 0.538. The maximum Gasteiger partial charge on any atom is 0.338 e. The first-order valence-corrected chi connectivity index (χ1v) is 14.0. The zero-order chi connectivity index (χ0) is 26.0. The molecule has 1 spiro atoms. The van der Waals surface area contributed by atoms with Gasteiger partial charge < -0.3 is 13.7 Å². The molecule has 2 bridgehead atoms. The quantitative estimate of drug-likeness (QED) is 0.296. The van der Waals surface area contributed by atoms with Crippen LogP contribution in [0.15, 0.2) is 52.6 Å². The van der Waals surface area contributed by atoms with Crippen molar-refractivity contribution in [2.75, 3.05) is 20.0 Å². The molecule has 1 aromatic carbocycles. The SMILES string of the molecule is CCSC(=O)C1(C)C2=CC[C@H](C)C23C=C(OS(=O)(=O)c2ccc(C)cc2)C1(C)C(OC)(OC)C3=O. The van der Waals surface area contributed by atoms with Crippen molar-refractivity contribution < 1.29 is 31.7 Å². The van der Waals surface area contributed by atoms with Crippen LogP contribution in [0.5, 0.6) is 0 Å². The Labute approximate surface area is 211 Å². The summed E-state index contributed by atoms with van der Waals surface area (Å²) in [7, 11) is -1.60. The molecule has 0 N–H and O–H groups in total. The molecule has 0 saturated heterocycles. The fourth-order valence-corrected chi connectivity index (χ4v) is 8.15. The van der Waals surface area contributed by atoms with Crippen molar-refractivity contribution in [2.45, 2.75) is 51.7 Å². The third kappa shape index (κ3) is 3.01. The van der Waals surface area contributed by atoms with Gasteiger partial charge in [-0.15, -0.1) is 0 Å². The van der Waals surface area contributed by atoms with E-state index in [-0.39, 0.29) is 27.5 Å². The minimum atomic E-state index is -4.29. The first kappa shape index (κ1) is 26.1. The number of hydrogen-bond acceptors (Lipinski definition) is 8. The van der Waals surface area contributed by atoms with Crippen molar-refractivity contribution in [3.05, 3.63) is 53.3 Å². The summed E-state index contributed by atoms with van der Waals surface area (Å²) in [4.78, 5) is 28.1. The van der Waals surface area contributed by atoms with Crippen LogP contribution in [0, 0.1) is 29.1 Å². The molecule has 7 nitrogen and oxygen atoms in total. The number of rotatable bonds is 7. The van der Waals surface area contributed by atoms with Crippen LogP contribution in [0.25, 0.3) is 0 Å². The Bertz CT molecular complexity index is 1240. The van der Waals surface area contributed by atoms with Crippen LogP contribution in [0.2, 0.25) is 0 Å². The van der Waals surface area contributed by atoms with E-state index in [4.69, 9.17) is 13.7 Å². The van der Waals surface area contributed by atoms with E-state index < -0.39 is 32.2 Å². The molecule has 35 heavy (non-hydrogen) atoms. The summed E-state index contributed by atoms with van der Waals surface area (Å²) in [5.41, 5.74) is -2.65. The van der Waals surface area contributed by atoms with E-state index in [1.54, 1.807) is 32.1 Å². The molecule has 1 aromatic rings. The minimum Gasteiger partial charge on any atom is -0.383 e. The highest BCUT2D eigenvalue weighted by atomic mass is 32.2. The third-order valence-corrected chi connectivity index (χ3v) is 10.6. The number of methoxy groups -OCH3 is 2. The molecule has 190 valence electrons. The van der Waals surface area contributed by atoms with Crippen molar-refractivity contribution in [1.82, 2.24) is 0 Å². The molecular formula is C26H32O7S2. The lowest BCUT2D eigenvalue weighted by atomic mass is 9.40. The van der Waals surface area contributed by atoms with Gasteiger partial charge in [0.1, 0.15) is 16.1 Å². The molecule has 0 heterocycles. The Hall–Kier alpha value is -1.94. The van der Waals surface area contributed by atoms with Gasteiger partial charge in [-0.25, -0.2) is 0 Å². The Kier molecular flexibility index (Phi) is 6.19. The molecule has 9 heteroatoms. The zero-order valence-corrected chi connectivity index (χ0v) is 22.8. The van der Waals surface area contributed by atoms with Crippen molar-refractivity contribution in [3.8, 4) is 0 Å². The van der Waals surface area contributed by atoms with Crippen molar-refractivity contribution in [2.24, 2.45) is 22.2 Å². The molecule has 1 fully saturated rings. The summed E-state index contributed by atoms with van der Waals surface area (Å²) in [5.74, 6) is -2.03. The normalized spacial score (nSPS) is 33.2. The van der Waals surface area contributed by atoms with E-state index in [1.165, 1.54) is 26.4 Å². The summed E-state index contributed by atoms with van der Waals surface area (Å²) in [6.07, 6.45) is 4.10. The van der Waals surface area contributed by atoms with Crippen molar-refractivity contribution in [1.29, 1.82) is 0 Å². The van der Waals surface area contributed by atoms with Crippen LogP contribution in [0.4, 0.5) is 0 Å². The van der Waals surface area contributed by atoms with E-state index in [0.717, 1.165) is 17.3 Å². The number of fused-ring (bicyclic) bond motifs is 1. The third-order valence-electron chi connectivity index (χ3n) is 8.39. The Morgan fingerprint density at radius 1 is 1.14 bits per heavy atom. The number of benzene rings is 1.